The van der Waals surface area contributed by atoms with Gasteiger partial charge in [0.15, 0.2) is 6.10 Å². The Morgan fingerprint density at radius 2 is 1.58 bits per heavy atom. The third-order valence-electron chi connectivity index (χ3n) is 5.22. The second kappa shape index (κ2) is 15.6. The minimum atomic E-state index is -0.990. The zero-order chi connectivity index (χ0) is 26.3. The van der Waals surface area contributed by atoms with Gasteiger partial charge in [-0.2, -0.15) is 0 Å². The molecule has 0 fully saturated rings. The highest BCUT2D eigenvalue weighted by molar-refractivity contribution is 5.74. The average Bonchev–Trinajstić information content (AvgIpc) is 2.85. The van der Waals surface area contributed by atoms with Gasteiger partial charge in [-0.15, -0.1) is 0 Å². The number of ether oxygens (including phenoxy) is 3. The van der Waals surface area contributed by atoms with E-state index in [0.717, 1.165) is 5.56 Å². The first-order valence-corrected chi connectivity index (χ1v) is 12.3. The normalized spacial score (nSPS) is 11.7. The van der Waals surface area contributed by atoms with Gasteiger partial charge in [0.25, 0.3) is 0 Å². The van der Waals surface area contributed by atoms with Crippen molar-refractivity contribution < 1.29 is 33.3 Å². The highest BCUT2D eigenvalue weighted by atomic mass is 19.1. The fraction of sp³-hybridized carbons (Fsp3) is 0.481. The van der Waals surface area contributed by atoms with Crippen LogP contribution in [0.2, 0.25) is 0 Å². The van der Waals surface area contributed by atoms with E-state index in [1.165, 1.54) is 12.1 Å². The van der Waals surface area contributed by atoms with Gasteiger partial charge in [-0.1, -0.05) is 26.0 Å². The Hall–Kier alpha value is -3.33. The van der Waals surface area contributed by atoms with Crippen LogP contribution in [-0.2, 0) is 16.0 Å². The van der Waals surface area contributed by atoms with E-state index in [9.17, 15) is 19.1 Å². The fourth-order valence-electron chi connectivity index (χ4n) is 3.32. The number of nitrogens with zero attached hydrogens (tertiary/aromatic N) is 1. The zero-order valence-corrected chi connectivity index (χ0v) is 21.2. The first-order chi connectivity index (χ1) is 17.3. The van der Waals surface area contributed by atoms with Crippen LogP contribution in [0.1, 0.15) is 32.8 Å². The van der Waals surface area contributed by atoms with E-state index in [0.29, 0.717) is 63.3 Å². The number of carbonyl (C=O) groups is 2. The Labute approximate surface area is 212 Å². The van der Waals surface area contributed by atoms with Crippen LogP contribution in [0.3, 0.4) is 0 Å². The molecule has 0 aliphatic carbocycles. The third kappa shape index (κ3) is 10.9. The molecule has 198 valence electrons. The maximum absolute atomic E-state index is 13.0. The molecule has 2 aromatic rings. The second-order valence-electron chi connectivity index (χ2n) is 8.70. The molecule has 2 aromatic carbocycles. The minimum Gasteiger partial charge on any atom is -0.494 e. The fourth-order valence-corrected chi connectivity index (χ4v) is 3.32. The lowest BCUT2D eigenvalue weighted by Gasteiger charge is -2.24. The van der Waals surface area contributed by atoms with Crippen molar-refractivity contribution in [2.75, 3.05) is 39.5 Å². The average molecular weight is 505 g/mol. The Morgan fingerprint density at radius 3 is 2.17 bits per heavy atom. The molecule has 2 amide bonds. The van der Waals surface area contributed by atoms with Gasteiger partial charge in [-0.3, -0.25) is 0 Å². The molecule has 9 heteroatoms. The lowest BCUT2D eigenvalue weighted by atomic mass is 10.1. The van der Waals surface area contributed by atoms with E-state index in [4.69, 9.17) is 14.2 Å². The van der Waals surface area contributed by atoms with Crippen LogP contribution in [0.25, 0.3) is 0 Å². The number of benzene rings is 2. The molecule has 2 rings (SSSR count). The molecular formula is C27H37FN2O6. The molecule has 1 unspecified atom stereocenters. The topological polar surface area (TPSA) is 97.3 Å². The smallest absolute Gasteiger partial charge is 0.333 e. The molecule has 36 heavy (non-hydrogen) atoms. The summed E-state index contributed by atoms with van der Waals surface area (Å²) in [4.78, 5) is 25.6. The summed E-state index contributed by atoms with van der Waals surface area (Å²) in [6, 6.07) is 12.8. The summed E-state index contributed by atoms with van der Waals surface area (Å²) < 4.78 is 29.7. The van der Waals surface area contributed by atoms with Crippen LogP contribution in [-0.4, -0.2) is 67.6 Å². The Bertz CT molecular complexity index is 921. The standard InChI is InChI=1S/C27H37FN2O6/c1-4-34-25(26(31)32)18-21-6-10-23(11-7-21)36-17-15-30(27(33)29-19-20(2)3)14-5-16-35-24-12-8-22(28)9-13-24/h6-13,20,25H,4-5,14-19H2,1-3H3,(H,29,33)(H,31,32). The predicted octanol–water partition coefficient (Wildman–Crippen LogP) is 4.37. The number of carboxylic acid groups (broad SMARTS) is 1. The molecule has 0 spiro atoms. The molecule has 0 aliphatic heterocycles. The van der Waals surface area contributed by atoms with Crippen molar-refractivity contribution in [1.82, 2.24) is 10.2 Å². The number of rotatable bonds is 16. The lowest BCUT2D eigenvalue weighted by molar-refractivity contribution is -0.149. The summed E-state index contributed by atoms with van der Waals surface area (Å²) >= 11 is 0. The molecule has 1 atom stereocenters. The van der Waals surface area contributed by atoms with Crippen LogP contribution in [0.5, 0.6) is 11.5 Å². The number of carbonyl (C=O) groups excluding carboxylic acids is 1. The van der Waals surface area contributed by atoms with Gasteiger partial charge in [0.05, 0.1) is 13.2 Å². The van der Waals surface area contributed by atoms with Crippen LogP contribution in [0, 0.1) is 11.7 Å². The van der Waals surface area contributed by atoms with Gasteiger partial charge >= 0.3 is 12.0 Å². The Balaban J connectivity index is 1.84. The van der Waals surface area contributed by atoms with Gasteiger partial charge in [0.2, 0.25) is 0 Å². The maximum Gasteiger partial charge on any atom is 0.333 e. The maximum atomic E-state index is 13.0. The molecule has 0 saturated heterocycles. The van der Waals surface area contributed by atoms with E-state index in [2.05, 4.69) is 5.32 Å². The quantitative estimate of drug-likeness (QED) is 0.330. The van der Waals surface area contributed by atoms with Crippen molar-refractivity contribution in [1.29, 1.82) is 0 Å². The molecule has 0 saturated carbocycles. The number of hydrogen-bond donors (Lipinski definition) is 2. The molecule has 0 aliphatic rings. The first kappa shape index (κ1) is 28.9. The second-order valence-corrected chi connectivity index (χ2v) is 8.70. The van der Waals surface area contributed by atoms with Crippen molar-refractivity contribution in [3.8, 4) is 11.5 Å². The molecule has 0 radical (unpaired) electrons. The van der Waals surface area contributed by atoms with Crippen molar-refractivity contribution in [2.45, 2.75) is 39.7 Å². The number of hydrogen-bond acceptors (Lipinski definition) is 5. The van der Waals surface area contributed by atoms with Gasteiger partial charge in [0.1, 0.15) is 23.9 Å². The van der Waals surface area contributed by atoms with Gasteiger partial charge in [-0.05, 0) is 61.2 Å². The van der Waals surface area contributed by atoms with Gasteiger partial charge < -0.3 is 29.5 Å². The summed E-state index contributed by atoms with van der Waals surface area (Å²) in [6.45, 7) is 8.26. The van der Waals surface area contributed by atoms with E-state index >= 15 is 0 Å². The number of nitrogens with one attached hydrogen (secondary N) is 1. The Morgan fingerprint density at radius 1 is 0.972 bits per heavy atom. The van der Waals surface area contributed by atoms with E-state index in [-0.39, 0.29) is 18.3 Å². The molecule has 8 nitrogen and oxygen atoms in total. The van der Waals surface area contributed by atoms with Crippen molar-refractivity contribution >= 4 is 12.0 Å². The molecule has 2 N–H and O–H groups in total. The predicted molar refractivity (Wildman–Crippen MR) is 135 cm³/mol. The lowest BCUT2D eigenvalue weighted by Crippen LogP contribution is -2.44. The molecule has 0 aromatic heterocycles. The molecule has 0 heterocycles. The number of aliphatic carboxylic acids is 1. The monoisotopic (exact) mass is 504 g/mol. The highest BCUT2D eigenvalue weighted by Crippen LogP contribution is 2.15. The number of halogens is 1. The SMILES string of the molecule is CCOC(Cc1ccc(OCCN(CCCOc2ccc(F)cc2)C(=O)NCC(C)C)cc1)C(=O)O. The minimum absolute atomic E-state index is 0.167. The van der Waals surface area contributed by atoms with Crippen molar-refractivity contribution in [3.63, 3.8) is 0 Å². The zero-order valence-electron chi connectivity index (χ0n) is 21.2. The van der Waals surface area contributed by atoms with Crippen LogP contribution in [0.15, 0.2) is 48.5 Å². The number of carboxylic acids is 1. The highest BCUT2D eigenvalue weighted by Gasteiger charge is 2.18. The van der Waals surface area contributed by atoms with E-state index in [1.54, 1.807) is 36.1 Å². The number of urea groups is 1. The first-order valence-electron chi connectivity index (χ1n) is 12.3. The van der Waals surface area contributed by atoms with Gasteiger partial charge in [-0.25, -0.2) is 14.0 Å². The summed E-state index contributed by atoms with van der Waals surface area (Å²) in [7, 11) is 0. The van der Waals surface area contributed by atoms with E-state index < -0.39 is 12.1 Å². The van der Waals surface area contributed by atoms with Crippen molar-refractivity contribution in [3.05, 3.63) is 59.9 Å². The molecule has 0 bridgehead atoms. The van der Waals surface area contributed by atoms with Gasteiger partial charge in [0, 0.05) is 26.1 Å². The largest absolute Gasteiger partial charge is 0.494 e. The number of amides is 2. The van der Waals surface area contributed by atoms with Crippen LogP contribution >= 0.6 is 0 Å². The van der Waals surface area contributed by atoms with E-state index in [1.807, 2.05) is 26.0 Å². The summed E-state index contributed by atoms with van der Waals surface area (Å²) in [6.07, 6.45) is -0.00867. The van der Waals surface area contributed by atoms with Crippen molar-refractivity contribution in [2.24, 2.45) is 5.92 Å². The Kier molecular flexibility index (Phi) is 12.5. The summed E-state index contributed by atoms with van der Waals surface area (Å²) in [5.74, 6) is 0.228. The van der Waals surface area contributed by atoms with Crippen LogP contribution in [0.4, 0.5) is 9.18 Å². The summed E-state index contributed by atoms with van der Waals surface area (Å²) in [5, 5.41) is 12.2. The molecular weight excluding hydrogens is 467 g/mol. The summed E-state index contributed by atoms with van der Waals surface area (Å²) in [5.41, 5.74) is 0.832. The third-order valence-corrected chi connectivity index (χ3v) is 5.22. The van der Waals surface area contributed by atoms with Crippen LogP contribution < -0.4 is 14.8 Å².